The van der Waals surface area contributed by atoms with Crippen LogP contribution in [0.3, 0.4) is 0 Å². The number of hydrogen-bond donors (Lipinski definition) is 0. The molecule has 0 spiro atoms. The number of halogens is 1. The highest BCUT2D eigenvalue weighted by Gasteiger charge is 2.24. The second-order valence-corrected chi connectivity index (χ2v) is 8.06. The van der Waals surface area contributed by atoms with E-state index < -0.39 is 0 Å². The molecular formula is C24H22ClN5O. The minimum Gasteiger partial charge on any atom is -0.335 e. The van der Waals surface area contributed by atoms with Crippen molar-refractivity contribution in [1.82, 2.24) is 24.2 Å². The molecule has 1 amide bonds. The molecule has 4 heterocycles. The molecule has 6 nitrogen and oxygen atoms in total. The topological polar surface area (TPSA) is 53.7 Å². The van der Waals surface area contributed by atoms with Crippen LogP contribution in [0.1, 0.15) is 16.2 Å². The van der Waals surface area contributed by atoms with Crippen molar-refractivity contribution < 1.29 is 4.79 Å². The largest absolute Gasteiger partial charge is 0.335 e. The molecule has 31 heavy (non-hydrogen) atoms. The Hall–Kier alpha value is -3.22. The zero-order valence-corrected chi connectivity index (χ0v) is 17.7. The van der Waals surface area contributed by atoms with Crippen molar-refractivity contribution in [3.05, 3.63) is 89.5 Å². The number of imidazole rings is 1. The Labute approximate surface area is 185 Å². The number of carbonyl (C=O) groups is 1. The van der Waals surface area contributed by atoms with Gasteiger partial charge in [0.2, 0.25) is 0 Å². The SMILES string of the molecule is O=C(c1ccccn1)N1CCN(Cc2c(-c3ccc(Cl)cc3)nc3ccccn23)CC1. The molecule has 1 aliphatic rings. The Morgan fingerprint density at radius 2 is 1.71 bits per heavy atom. The lowest BCUT2D eigenvalue weighted by atomic mass is 10.1. The van der Waals surface area contributed by atoms with Crippen LogP contribution >= 0.6 is 11.6 Å². The highest BCUT2D eigenvalue weighted by atomic mass is 35.5. The van der Waals surface area contributed by atoms with Crippen LogP contribution in [0.4, 0.5) is 0 Å². The summed E-state index contributed by atoms with van der Waals surface area (Å²) in [6.07, 6.45) is 3.71. The Morgan fingerprint density at radius 3 is 2.45 bits per heavy atom. The first-order valence-electron chi connectivity index (χ1n) is 10.3. The Bertz CT molecular complexity index is 1200. The van der Waals surface area contributed by atoms with E-state index in [2.05, 4.69) is 20.5 Å². The lowest BCUT2D eigenvalue weighted by Crippen LogP contribution is -2.48. The third-order valence-corrected chi connectivity index (χ3v) is 5.92. The normalized spacial score (nSPS) is 14.8. The number of hydrogen-bond acceptors (Lipinski definition) is 4. The van der Waals surface area contributed by atoms with Gasteiger partial charge < -0.3 is 9.30 Å². The number of rotatable bonds is 4. The molecule has 7 heteroatoms. The summed E-state index contributed by atoms with van der Waals surface area (Å²) in [5, 5.41) is 0.711. The van der Waals surface area contributed by atoms with Crippen molar-refractivity contribution in [1.29, 1.82) is 0 Å². The summed E-state index contributed by atoms with van der Waals surface area (Å²) in [4.78, 5) is 26.0. The molecular weight excluding hydrogens is 410 g/mol. The number of benzene rings is 1. The van der Waals surface area contributed by atoms with E-state index in [4.69, 9.17) is 16.6 Å². The van der Waals surface area contributed by atoms with E-state index in [1.54, 1.807) is 12.3 Å². The molecule has 3 aromatic heterocycles. The second-order valence-electron chi connectivity index (χ2n) is 7.63. The number of pyridine rings is 2. The summed E-state index contributed by atoms with van der Waals surface area (Å²) in [7, 11) is 0. The fourth-order valence-electron chi connectivity index (χ4n) is 4.01. The van der Waals surface area contributed by atoms with Gasteiger partial charge in [-0.15, -0.1) is 0 Å². The lowest BCUT2D eigenvalue weighted by Gasteiger charge is -2.34. The Kier molecular flexibility index (Phi) is 5.40. The van der Waals surface area contributed by atoms with E-state index in [1.165, 1.54) is 0 Å². The van der Waals surface area contributed by atoms with Gasteiger partial charge in [-0.25, -0.2) is 4.98 Å². The summed E-state index contributed by atoms with van der Waals surface area (Å²) in [5.41, 5.74) is 4.58. The predicted molar refractivity (Wildman–Crippen MR) is 121 cm³/mol. The van der Waals surface area contributed by atoms with Crippen molar-refractivity contribution in [3.63, 3.8) is 0 Å². The van der Waals surface area contributed by atoms with Crippen molar-refractivity contribution in [2.75, 3.05) is 26.2 Å². The highest BCUT2D eigenvalue weighted by molar-refractivity contribution is 6.30. The third-order valence-electron chi connectivity index (χ3n) is 5.66. The molecule has 4 aromatic rings. The molecule has 0 aliphatic carbocycles. The van der Waals surface area contributed by atoms with Gasteiger partial charge in [-0.05, 0) is 36.4 Å². The summed E-state index contributed by atoms with van der Waals surface area (Å²) < 4.78 is 2.15. The number of amides is 1. The number of carbonyl (C=O) groups excluding carboxylic acids is 1. The number of piperazine rings is 1. The summed E-state index contributed by atoms with van der Waals surface area (Å²) in [6.45, 7) is 3.73. The van der Waals surface area contributed by atoms with Crippen LogP contribution < -0.4 is 0 Å². The van der Waals surface area contributed by atoms with Crippen molar-refractivity contribution >= 4 is 23.2 Å². The fourth-order valence-corrected chi connectivity index (χ4v) is 4.13. The van der Waals surface area contributed by atoms with Gasteiger partial charge in [0, 0.05) is 55.7 Å². The van der Waals surface area contributed by atoms with E-state index in [9.17, 15) is 4.79 Å². The van der Waals surface area contributed by atoms with E-state index in [1.807, 2.05) is 59.5 Å². The smallest absolute Gasteiger partial charge is 0.272 e. The van der Waals surface area contributed by atoms with Crippen LogP contribution in [0.25, 0.3) is 16.9 Å². The predicted octanol–water partition coefficient (Wildman–Crippen LogP) is 4.01. The first kappa shape index (κ1) is 19.7. The van der Waals surface area contributed by atoms with Gasteiger partial charge in [-0.2, -0.15) is 0 Å². The zero-order chi connectivity index (χ0) is 21.2. The number of aromatic nitrogens is 3. The van der Waals surface area contributed by atoms with E-state index >= 15 is 0 Å². The molecule has 0 atom stereocenters. The third kappa shape index (κ3) is 4.04. The molecule has 1 saturated heterocycles. The van der Waals surface area contributed by atoms with Crippen LogP contribution in [0.2, 0.25) is 5.02 Å². The standard InChI is InChI=1S/C24H22ClN5O/c25-19-9-7-18(8-10-19)23-21(30-12-4-2-6-22(30)27-23)17-28-13-15-29(16-14-28)24(31)20-5-1-3-11-26-20/h1-12H,13-17H2. The molecule has 1 fully saturated rings. The Morgan fingerprint density at radius 1 is 0.935 bits per heavy atom. The van der Waals surface area contributed by atoms with E-state index in [0.717, 1.165) is 42.2 Å². The molecule has 1 aliphatic heterocycles. The van der Waals surface area contributed by atoms with Crippen LogP contribution in [-0.4, -0.2) is 56.3 Å². The van der Waals surface area contributed by atoms with Crippen LogP contribution in [0.5, 0.6) is 0 Å². The summed E-state index contributed by atoms with van der Waals surface area (Å²) >= 11 is 6.09. The first-order valence-corrected chi connectivity index (χ1v) is 10.7. The minimum atomic E-state index is -0.00286. The average Bonchev–Trinajstić information content (AvgIpc) is 3.18. The minimum absolute atomic E-state index is 0.00286. The van der Waals surface area contributed by atoms with Crippen LogP contribution in [0.15, 0.2) is 73.1 Å². The molecule has 0 saturated carbocycles. The van der Waals surface area contributed by atoms with Crippen molar-refractivity contribution in [2.24, 2.45) is 0 Å². The van der Waals surface area contributed by atoms with E-state index in [-0.39, 0.29) is 5.91 Å². The maximum absolute atomic E-state index is 12.7. The Balaban J connectivity index is 1.36. The molecule has 156 valence electrons. The van der Waals surface area contributed by atoms with Gasteiger partial charge in [-0.1, -0.05) is 35.9 Å². The molecule has 0 radical (unpaired) electrons. The summed E-state index contributed by atoms with van der Waals surface area (Å²) in [5.74, 6) is -0.00286. The molecule has 0 unspecified atom stereocenters. The van der Waals surface area contributed by atoms with E-state index in [0.29, 0.717) is 23.8 Å². The number of fused-ring (bicyclic) bond motifs is 1. The highest BCUT2D eigenvalue weighted by Crippen LogP contribution is 2.27. The quantitative estimate of drug-likeness (QED) is 0.490. The molecule has 1 aromatic carbocycles. The number of nitrogens with zero attached hydrogens (tertiary/aromatic N) is 5. The van der Waals surface area contributed by atoms with Gasteiger partial charge >= 0.3 is 0 Å². The molecule has 5 rings (SSSR count). The van der Waals surface area contributed by atoms with Crippen molar-refractivity contribution in [3.8, 4) is 11.3 Å². The average molecular weight is 432 g/mol. The second kappa shape index (κ2) is 8.49. The monoisotopic (exact) mass is 431 g/mol. The first-order chi connectivity index (χ1) is 15.2. The fraction of sp³-hybridized carbons (Fsp3) is 0.208. The lowest BCUT2D eigenvalue weighted by molar-refractivity contribution is 0.0621. The van der Waals surface area contributed by atoms with Crippen molar-refractivity contribution in [2.45, 2.75) is 6.54 Å². The van der Waals surface area contributed by atoms with Gasteiger partial charge in [0.25, 0.3) is 5.91 Å². The summed E-state index contributed by atoms with van der Waals surface area (Å²) in [6, 6.07) is 19.3. The van der Waals surface area contributed by atoms with Crippen LogP contribution in [0, 0.1) is 0 Å². The van der Waals surface area contributed by atoms with Gasteiger partial charge in [0.05, 0.1) is 11.4 Å². The van der Waals surface area contributed by atoms with Gasteiger partial charge in [0.15, 0.2) is 0 Å². The maximum atomic E-state index is 12.7. The molecule has 0 bridgehead atoms. The van der Waals surface area contributed by atoms with Crippen LogP contribution in [-0.2, 0) is 6.54 Å². The molecule has 0 N–H and O–H groups in total. The van der Waals surface area contributed by atoms with Gasteiger partial charge in [-0.3, -0.25) is 14.7 Å². The maximum Gasteiger partial charge on any atom is 0.272 e. The zero-order valence-electron chi connectivity index (χ0n) is 17.0. The van der Waals surface area contributed by atoms with Gasteiger partial charge in [0.1, 0.15) is 11.3 Å².